The molecule has 24 heavy (non-hydrogen) atoms. The molecule has 5 nitrogen and oxygen atoms in total. The summed E-state index contributed by atoms with van der Waals surface area (Å²) in [4.78, 5) is 28.4. The molecule has 1 aromatic carbocycles. The highest BCUT2D eigenvalue weighted by Crippen LogP contribution is 2.09. The molecule has 1 saturated heterocycles. The van der Waals surface area contributed by atoms with Crippen LogP contribution in [0, 0.1) is 0 Å². The van der Waals surface area contributed by atoms with Crippen LogP contribution < -0.4 is 5.32 Å². The number of carbonyl (C=O) groups is 2. The SMILES string of the molecule is O=C(NCCN1CCN(C(=O)c2ccccc2)CC1)c1ccsc1. The number of nitrogens with one attached hydrogen (secondary N) is 1. The number of piperazine rings is 1. The topological polar surface area (TPSA) is 52.7 Å². The van der Waals surface area contributed by atoms with Crippen LogP contribution in [0.5, 0.6) is 0 Å². The van der Waals surface area contributed by atoms with Crippen LogP contribution in [0.2, 0.25) is 0 Å². The summed E-state index contributed by atoms with van der Waals surface area (Å²) in [7, 11) is 0. The summed E-state index contributed by atoms with van der Waals surface area (Å²) in [5, 5.41) is 6.69. The highest BCUT2D eigenvalue weighted by Gasteiger charge is 2.21. The van der Waals surface area contributed by atoms with E-state index in [9.17, 15) is 9.59 Å². The molecule has 2 heterocycles. The lowest BCUT2D eigenvalue weighted by Crippen LogP contribution is -2.50. The first-order valence-corrected chi connectivity index (χ1v) is 9.05. The van der Waals surface area contributed by atoms with Gasteiger partial charge in [-0.2, -0.15) is 11.3 Å². The Morgan fingerprint density at radius 2 is 1.75 bits per heavy atom. The van der Waals surface area contributed by atoms with Crippen molar-refractivity contribution in [3.63, 3.8) is 0 Å². The second-order valence-electron chi connectivity index (χ2n) is 5.77. The van der Waals surface area contributed by atoms with E-state index >= 15 is 0 Å². The highest BCUT2D eigenvalue weighted by molar-refractivity contribution is 7.08. The number of thiophene rings is 1. The maximum Gasteiger partial charge on any atom is 0.253 e. The van der Waals surface area contributed by atoms with E-state index in [0.29, 0.717) is 6.54 Å². The van der Waals surface area contributed by atoms with E-state index < -0.39 is 0 Å². The van der Waals surface area contributed by atoms with Crippen LogP contribution in [-0.4, -0.2) is 60.9 Å². The number of nitrogens with zero attached hydrogens (tertiary/aromatic N) is 2. The van der Waals surface area contributed by atoms with Gasteiger partial charge in [-0.05, 0) is 23.6 Å². The van der Waals surface area contributed by atoms with E-state index in [4.69, 9.17) is 0 Å². The molecule has 0 spiro atoms. The molecule has 0 atom stereocenters. The second kappa shape index (κ2) is 8.08. The Morgan fingerprint density at radius 1 is 1.00 bits per heavy atom. The molecule has 0 aliphatic carbocycles. The predicted molar refractivity (Wildman–Crippen MR) is 95.4 cm³/mol. The molecule has 1 aliphatic heterocycles. The standard InChI is InChI=1S/C18H21N3O2S/c22-17(16-6-13-24-14-16)19-7-8-20-9-11-21(12-10-20)18(23)15-4-2-1-3-5-15/h1-6,13-14H,7-12H2,(H,19,22). The van der Waals surface area contributed by atoms with Crippen LogP contribution in [0.4, 0.5) is 0 Å². The third kappa shape index (κ3) is 4.21. The molecule has 2 amide bonds. The normalized spacial score (nSPS) is 15.2. The van der Waals surface area contributed by atoms with Gasteiger partial charge < -0.3 is 10.2 Å². The minimum absolute atomic E-state index is 0.0193. The lowest BCUT2D eigenvalue weighted by atomic mass is 10.2. The van der Waals surface area contributed by atoms with Crippen LogP contribution in [0.25, 0.3) is 0 Å². The van der Waals surface area contributed by atoms with Gasteiger partial charge in [-0.25, -0.2) is 0 Å². The van der Waals surface area contributed by atoms with Crippen LogP contribution >= 0.6 is 11.3 Å². The number of hydrogen-bond donors (Lipinski definition) is 1. The molecule has 6 heteroatoms. The average Bonchev–Trinajstić information content (AvgIpc) is 3.17. The largest absolute Gasteiger partial charge is 0.351 e. The summed E-state index contributed by atoms with van der Waals surface area (Å²) >= 11 is 1.52. The second-order valence-corrected chi connectivity index (χ2v) is 6.55. The van der Waals surface area contributed by atoms with Crippen LogP contribution in [0.1, 0.15) is 20.7 Å². The van der Waals surface area contributed by atoms with Gasteiger partial charge in [0.2, 0.25) is 0 Å². The van der Waals surface area contributed by atoms with Crippen molar-refractivity contribution >= 4 is 23.2 Å². The quantitative estimate of drug-likeness (QED) is 0.903. The Hall–Kier alpha value is -2.18. The minimum atomic E-state index is -0.0193. The number of rotatable bonds is 5. The zero-order valence-electron chi connectivity index (χ0n) is 13.5. The van der Waals surface area contributed by atoms with Crippen molar-refractivity contribution in [2.75, 3.05) is 39.3 Å². The fraction of sp³-hybridized carbons (Fsp3) is 0.333. The summed E-state index contributed by atoms with van der Waals surface area (Å²) in [5.41, 5.74) is 1.47. The average molecular weight is 343 g/mol. The van der Waals surface area contributed by atoms with Gasteiger partial charge in [-0.15, -0.1) is 0 Å². The van der Waals surface area contributed by atoms with E-state index in [2.05, 4.69) is 10.2 Å². The first-order valence-electron chi connectivity index (χ1n) is 8.11. The fourth-order valence-corrected chi connectivity index (χ4v) is 3.40. The molecular weight excluding hydrogens is 322 g/mol. The third-order valence-corrected chi connectivity index (χ3v) is 4.86. The third-order valence-electron chi connectivity index (χ3n) is 4.18. The molecular formula is C18H21N3O2S. The molecule has 1 aromatic heterocycles. The van der Waals surface area contributed by atoms with E-state index in [1.54, 1.807) is 0 Å². The van der Waals surface area contributed by atoms with E-state index in [1.165, 1.54) is 11.3 Å². The Labute approximate surface area is 145 Å². The Morgan fingerprint density at radius 3 is 2.42 bits per heavy atom. The predicted octanol–water partition coefficient (Wildman–Crippen LogP) is 1.94. The van der Waals surface area contributed by atoms with Gasteiger partial charge in [0.05, 0.1) is 0 Å². The summed E-state index contributed by atoms with van der Waals surface area (Å²) in [6.07, 6.45) is 0. The molecule has 0 unspecified atom stereocenters. The maximum absolute atomic E-state index is 12.4. The van der Waals surface area contributed by atoms with E-state index in [1.807, 2.05) is 52.1 Å². The molecule has 2 aromatic rings. The van der Waals surface area contributed by atoms with Gasteiger partial charge in [0.25, 0.3) is 11.8 Å². The van der Waals surface area contributed by atoms with Gasteiger partial charge in [0, 0.05) is 55.8 Å². The maximum atomic E-state index is 12.4. The van der Waals surface area contributed by atoms with E-state index in [0.717, 1.165) is 43.9 Å². The first-order chi connectivity index (χ1) is 11.7. The van der Waals surface area contributed by atoms with Crippen molar-refractivity contribution in [2.24, 2.45) is 0 Å². The molecule has 3 rings (SSSR count). The molecule has 0 radical (unpaired) electrons. The number of carbonyl (C=O) groups excluding carboxylic acids is 2. The van der Waals surface area contributed by atoms with Gasteiger partial charge in [0.15, 0.2) is 0 Å². The van der Waals surface area contributed by atoms with Crippen molar-refractivity contribution in [3.05, 3.63) is 58.3 Å². The lowest BCUT2D eigenvalue weighted by Gasteiger charge is -2.34. The molecule has 0 saturated carbocycles. The van der Waals surface area contributed by atoms with Gasteiger partial charge in [-0.3, -0.25) is 14.5 Å². The lowest BCUT2D eigenvalue weighted by molar-refractivity contribution is 0.0638. The van der Waals surface area contributed by atoms with Crippen LogP contribution in [0.15, 0.2) is 47.2 Å². The Kier molecular flexibility index (Phi) is 5.61. The van der Waals surface area contributed by atoms with Gasteiger partial charge in [-0.1, -0.05) is 18.2 Å². The summed E-state index contributed by atoms with van der Waals surface area (Å²) in [6, 6.07) is 11.2. The van der Waals surface area contributed by atoms with Crippen molar-refractivity contribution in [3.8, 4) is 0 Å². The number of amides is 2. The number of benzene rings is 1. The van der Waals surface area contributed by atoms with Crippen molar-refractivity contribution in [2.45, 2.75) is 0 Å². The van der Waals surface area contributed by atoms with Gasteiger partial charge in [0.1, 0.15) is 0 Å². The zero-order chi connectivity index (χ0) is 16.8. The van der Waals surface area contributed by atoms with Crippen molar-refractivity contribution < 1.29 is 9.59 Å². The molecule has 1 N–H and O–H groups in total. The summed E-state index contributed by atoms with van der Waals surface area (Å²) in [6.45, 7) is 4.57. The monoisotopic (exact) mass is 343 g/mol. The van der Waals surface area contributed by atoms with Crippen molar-refractivity contribution in [1.82, 2.24) is 15.1 Å². The van der Waals surface area contributed by atoms with Crippen molar-refractivity contribution in [1.29, 1.82) is 0 Å². The summed E-state index contributed by atoms with van der Waals surface area (Å²) in [5.74, 6) is 0.0788. The number of hydrogen-bond acceptors (Lipinski definition) is 4. The first kappa shape index (κ1) is 16.7. The summed E-state index contributed by atoms with van der Waals surface area (Å²) < 4.78 is 0. The minimum Gasteiger partial charge on any atom is -0.351 e. The van der Waals surface area contributed by atoms with E-state index in [-0.39, 0.29) is 11.8 Å². The Bertz CT molecular complexity index is 665. The smallest absolute Gasteiger partial charge is 0.253 e. The molecule has 126 valence electrons. The highest BCUT2D eigenvalue weighted by atomic mass is 32.1. The molecule has 1 aliphatic rings. The van der Waals surface area contributed by atoms with Crippen LogP contribution in [-0.2, 0) is 0 Å². The Balaban J connectivity index is 1.39. The van der Waals surface area contributed by atoms with Gasteiger partial charge >= 0.3 is 0 Å². The molecule has 1 fully saturated rings. The zero-order valence-corrected chi connectivity index (χ0v) is 14.3. The van der Waals surface area contributed by atoms with Crippen LogP contribution in [0.3, 0.4) is 0 Å². The fourth-order valence-electron chi connectivity index (χ4n) is 2.76. The molecule has 0 bridgehead atoms.